The number of hydrogen-bond donors (Lipinski definition) is 0. The Morgan fingerprint density at radius 3 is 2.15 bits per heavy atom. The summed E-state index contributed by atoms with van der Waals surface area (Å²) in [4.78, 5) is 24.8. The molecule has 0 heterocycles. The first-order chi connectivity index (χ1) is 16.4. The third kappa shape index (κ3) is 5.89. The van der Waals surface area contributed by atoms with Gasteiger partial charge >= 0.3 is 5.97 Å². The predicted octanol–water partition coefficient (Wildman–Crippen LogP) is 6.79. The Balaban J connectivity index is 1.93. The van der Waals surface area contributed by atoms with Gasteiger partial charge in [0, 0.05) is 12.2 Å². The summed E-state index contributed by atoms with van der Waals surface area (Å²) in [6.45, 7) is 8.04. The highest BCUT2D eigenvalue weighted by atomic mass is 32.2. The molecule has 0 N–H and O–H groups in total. The molecule has 0 spiro atoms. The largest absolute Gasteiger partial charge is 0.497 e. The average Bonchev–Trinajstić information content (AvgIpc) is 2.84. The molecule has 3 rings (SSSR count). The maximum Gasteiger partial charge on any atom is 0.326 e. The fourth-order valence-corrected chi connectivity index (χ4v) is 5.19. The smallest absolute Gasteiger partial charge is 0.326 e. The van der Waals surface area contributed by atoms with Gasteiger partial charge in [0.2, 0.25) is 0 Å². The summed E-state index contributed by atoms with van der Waals surface area (Å²) in [5.41, 5.74) is 8.03. The minimum absolute atomic E-state index is 0.114. The molecule has 34 heavy (non-hydrogen) atoms. The predicted molar refractivity (Wildman–Crippen MR) is 140 cm³/mol. The molecule has 0 aliphatic rings. The van der Waals surface area contributed by atoms with E-state index in [0.29, 0.717) is 12.2 Å². The lowest BCUT2D eigenvalue weighted by Gasteiger charge is -2.16. The number of carbonyl (C=O) groups is 2. The Morgan fingerprint density at radius 1 is 0.912 bits per heavy atom. The number of ketones is 1. The van der Waals surface area contributed by atoms with Crippen LogP contribution in [0.3, 0.4) is 0 Å². The molecule has 1 atom stereocenters. The third-order valence-electron chi connectivity index (χ3n) is 5.83. The topological polar surface area (TPSA) is 52.6 Å². The van der Waals surface area contributed by atoms with E-state index in [9.17, 15) is 9.59 Å². The number of rotatable bonds is 10. The molecule has 3 aromatic carbocycles. The van der Waals surface area contributed by atoms with Crippen molar-refractivity contribution in [2.45, 2.75) is 45.1 Å². The van der Waals surface area contributed by atoms with Gasteiger partial charge in [-0.2, -0.15) is 0 Å². The number of Topliss-reactive ketones (excluding diaryl/α,β-unsaturated/α-hetero) is 1. The fraction of sp³-hybridized carbons (Fsp3) is 0.310. The van der Waals surface area contributed by atoms with Gasteiger partial charge < -0.3 is 9.47 Å². The summed E-state index contributed by atoms with van der Waals surface area (Å²) < 4.78 is 10.6. The van der Waals surface area contributed by atoms with Gasteiger partial charge in [-0.15, -0.1) is 11.8 Å². The molecular formula is C29H32O4S. The van der Waals surface area contributed by atoms with Gasteiger partial charge in [0.15, 0.2) is 11.0 Å². The summed E-state index contributed by atoms with van der Waals surface area (Å²) in [6.07, 6.45) is 0.297. The van der Waals surface area contributed by atoms with E-state index in [1.807, 2.05) is 18.2 Å². The van der Waals surface area contributed by atoms with Crippen LogP contribution in [-0.2, 0) is 20.1 Å². The van der Waals surface area contributed by atoms with Crippen molar-refractivity contribution in [1.29, 1.82) is 0 Å². The number of esters is 1. The van der Waals surface area contributed by atoms with E-state index < -0.39 is 11.2 Å². The molecule has 3 aromatic rings. The Bertz CT molecular complexity index is 1130. The SMILES string of the molecule is CCOC(=O)C(SCc1ccc(OC)cc1-c1ccc(-c2c(C)cccc2C)cc1)C(=O)CC. The Morgan fingerprint density at radius 2 is 1.56 bits per heavy atom. The quantitative estimate of drug-likeness (QED) is 0.238. The van der Waals surface area contributed by atoms with Crippen molar-refractivity contribution < 1.29 is 19.1 Å². The Hall–Kier alpha value is -3.05. The average molecular weight is 477 g/mol. The zero-order chi connectivity index (χ0) is 24.7. The van der Waals surface area contributed by atoms with E-state index in [4.69, 9.17) is 9.47 Å². The highest BCUT2D eigenvalue weighted by Gasteiger charge is 2.27. The van der Waals surface area contributed by atoms with E-state index in [1.54, 1.807) is 21.0 Å². The van der Waals surface area contributed by atoms with Crippen LogP contribution in [0.2, 0.25) is 0 Å². The molecule has 1 unspecified atom stereocenters. The number of hydrogen-bond acceptors (Lipinski definition) is 5. The van der Waals surface area contributed by atoms with E-state index >= 15 is 0 Å². The first-order valence-corrected chi connectivity index (χ1v) is 12.6. The number of ether oxygens (including phenoxy) is 2. The molecule has 0 saturated carbocycles. The minimum Gasteiger partial charge on any atom is -0.497 e. The number of carbonyl (C=O) groups excluding carboxylic acids is 2. The maximum atomic E-state index is 12.4. The molecule has 4 nitrogen and oxygen atoms in total. The highest BCUT2D eigenvalue weighted by molar-refractivity contribution is 8.00. The van der Waals surface area contributed by atoms with Gasteiger partial charge in [0.1, 0.15) is 5.75 Å². The zero-order valence-corrected chi connectivity index (χ0v) is 21.3. The molecule has 0 aromatic heterocycles. The van der Waals surface area contributed by atoms with Crippen molar-refractivity contribution in [2.24, 2.45) is 0 Å². The van der Waals surface area contributed by atoms with Crippen molar-refractivity contribution in [3.63, 3.8) is 0 Å². The van der Waals surface area contributed by atoms with Crippen LogP contribution >= 0.6 is 11.8 Å². The second-order valence-electron chi connectivity index (χ2n) is 8.13. The number of aryl methyl sites for hydroxylation is 2. The van der Waals surface area contributed by atoms with Crippen LogP contribution in [-0.4, -0.2) is 30.7 Å². The standard InChI is InChI=1S/C29H32O4S/c1-6-26(30)28(29(31)33-7-2)34-18-23-15-16-24(32-5)17-25(23)21-11-13-22(14-12-21)27-19(3)9-8-10-20(27)4/h8-17,28H,6-7,18H2,1-5H3. The molecule has 0 fully saturated rings. The molecule has 0 saturated heterocycles. The van der Waals surface area contributed by atoms with Gasteiger partial charge in [-0.1, -0.05) is 55.5 Å². The van der Waals surface area contributed by atoms with E-state index in [0.717, 1.165) is 22.4 Å². The molecule has 0 bridgehead atoms. The number of benzene rings is 3. The minimum atomic E-state index is -0.814. The number of thioether (sulfide) groups is 1. The number of methoxy groups -OCH3 is 1. The van der Waals surface area contributed by atoms with E-state index in [-0.39, 0.29) is 12.4 Å². The Labute approximate surface area is 206 Å². The van der Waals surface area contributed by atoms with Crippen LogP contribution in [0.15, 0.2) is 60.7 Å². The molecule has 0 aliphatic heterocycles. The molecule has 0 aliphatic carbocycles. The molecule has 0 amide bonds. The summed E-state index contributed by atoms with van der Waals surface area (Å²) in [5, 5.41) is -0.814. The van der Waals surface area contributed by atoms with Gasteiger partial charge in [-0.3, -0.25) is 9.59 Å². The molecule has 0 radical (unpaired) electrons. The monoisotopic (exact) mass is 476 g/mol. The van der Waals surface area contributed by atoms with Crippen LogP contribution in [0, 0.1) is 13.8 Å². The van der Waals surface area contributed by atoms with Crippen molar-refractivity contribution >= 4 is 23.5 Å². The van der Waals surface area contributed by atoms with Crippen molar-refractivity contribution in [2.75, 3.05) is 13.7 Å². The van der Waals surface area contributed by atoms with Crippen LogP contribution in [0.5, 0.6) is 5.75 Å². The zero-order valence-electron chi connectivity index (χ0n) is 20.5. The van der Waals surface area contributed by atoms with Crippen LogP contribution in [0.25, 0.3) is 22.3 Å². The summed E-state index contributed by atoms with van der Waals surface area (Å²) in [6, 6.07) is 20.8. The van der Waals surface area contributed by atoms with Crippen LogP contribution < -0.4 is 4.74 Å². The van der Waals surface area contributed by atoms with Crippen LogP contribution in [0.1, 0.15) is 37.0 Å². The van der Waals surface area contributed by atoms with E-state index in [2.05, 4.69) is 56.3 Å². The van der Waals surface area contributed by atoms with E-state index in [1.165, 1.54) is 34.0 Å². The van der Waals surface area contributed by atoms with Crippen molar-refractivity contribution in [3.05, 3.63) is 77.4 Å². The first-order valence-electron chi connectivity index (χ1n) is 11.5. The lowest BCUT2D eigenvalue weighted by atomic mass is 9.93. The van der Waals surface area contributed by atoms with Gasteiger partial charge in [0.25, 0.3) is 0 Å². The van der Waals surface area contributed by atoms with Crippen molar-refractivity contribution in [3.8, 4) is 28.0 Å². The lowest BCUT2D eigenvalue weighted by Crippen LogP contribution is -2.28. The Kier molecular flexibility index (Phi) is 8.94. The second kappa shape index (κ2) is 11.9. The normalized spacial score (nSPS) is 11.7. The molecular weight excluding hydrogens is 444 g/mol. The van der Waals surface area contributed by atoms with Crippen molar-refractivity contribution in [1.82, 2.24) is 0 Å². The van der Waals surface area contributed by atoms with Gasteiger partial charge in [-0.05, 0) is 71.8 Å². The summed E-state index contributed by atoms with van der Waals surface area (Å²) in [7, 11) is 1.65. The lowest BCUT2D eigenvalue weighted by molar-refractivity contribution is -0.144. The molecule has 5 heteroatoms. The van der Waals surface area contributed by atoms with Gasteiger partial charge in [-0.25, -0.2) is 0 Å². The molecule has 178 valence electrons. The second-order valence-corrected chi connectivity index (χ2v) is 9.22. The fourth-order valence-electron chi connectivity index (χ4n) is 4.03. The van der Waals surface area contributed by atoms with Gasteiger partial charge in [0.05, 0.1) is 13.7 Å². The maximum absolute atomic E-state index is 12.4. The highest BCUT2D eigenvalue weighted by Crippen LogP contribution is 2.34. The third-order valence-corrected chi connectivity index (χ3v) is 7.10. The summed E-state index contributed by atoms with van der Waals surface area (Å²) >= 11 is 1.32. The summed E-state index contributed by atoms with van der Waals surface area (Å²) in [5.74, 6) is 0.686. The first kappa shape index (κ1) is 25.6. The van der Waals surface area contributed by atoms with Crippen LogP contribution in [0.4, 0.5) is 0 Å².